The lowest BCUT2D eigenvalue weighted by atomic mass is 9.93. The molecule has 0 radical (unpaired) electrons. The summed E-state index contributed by atoms with van der Waals surface area (Å²) in [5, 5.41) is 12.2. The first-order chi connectivity index (χ1) is 30.7. The molecule has 3 heterocycles. The van der Waals surface area contributed by atoms with Crippen LogP contribution in [0.5, 0.6) is 0 Å². The maximum atomic E-state index is 5.42. The van der Waals surface area contributed by atoms with Crippen molar-refractivity contribution >= 4 is 85.6 Å². The van der Waals surface area contributed by atoms with Gasteiger partial charge in [-0.25, -0.2) is 15.0 Å². The zero-order chi connectivity index (χ0) is 40.7. The van der Waals surface area contributed by atoms with Crippen molar-refractivity contribution in [3.05, 3.63) is 206 Å². The van der Waals surface area contributed by atoms with Crippen LogP contribution in [0.3, 0.4) is 0 Å². The lowest BCUT2D eigenvalue weighted by Gasteiger charge is -2.17. The number of rotatable bonds is 5. The minimum atomic E-state index is 0.626. The Balaban J connectivity index is 1.11. The monoisotopic (exact) mass is 806 g/mol. The van der Waals surface area contributed by atoms with Gasteiger partial charge in [-0.05, 0) is 92.0 Å². The van der Waals surface area contributed by atoms with Crippen molar-refractivity contribution in [3.8, 4) is 51.0 Å². The predicted molar refractivity (Wildman–Crippen MR) is 261 cm³/mol. The molecule has 13 aromatic rings. The number of hydrogen-bond acceptors (Lipinski definition) is 4. The summed E-state index contributed by atoms with van der Waals surface area (Å²) in [6.45, 7) is 0. The maximum absolute atomic E-state index is 5.42. The second-order valence-corrected chi connectivity index (χ2v) is 17.0. The van der Waals surface area contributed by atoms with Gasteiger partial charge < -0.3 is 4.57 Å². The van der Waals surface area contributed by atoms with E-state index in [0.717, 1.165) is 44.5 Å². The molecule has 5 heteroatoms. The van der Waals surface area contributed by atoms with E-state index in [4.69, 9.17) is 15.0 Å². The Morgan fingerprint density at radius 3 is 1.79 bits per heavy atom. The van der Waals surface area contributed by atoms with Crippen LogP contribution >= 0.6 is 11.3 Å². The van der Waals surface area contributed by atoms with Crippen LogP contribution in [-0.4, -0.2) is 19.5 Å². The molecule has 13 rings (SSSR count). The van der Waals surface area contributed by atoms with Crippen LogP contribution in [-0.2, 0) is 0 Å². The second kappa shape index (κ2) is 13.8. The zero-order valence-corrected chi connectivity index (χ0v) is 34.1. The molecule has 10 aromatic carbocycles. The van der Waals surface area contributed by atoms with Crippen LogP contribution in [0.1, 0.15) is 0 Å². The molecule has 0 saturated heterocycles. The van der Waals surface area contributed by atoms with Gasteiger partial charge in [-0.1, -0.05) is 158 Å². The number of fused-ring (bicyclic) bond motifs is 10. The highest BCUT2D eigenvalue weighted by Crippen LogP contribution is 2.44. The highest BCUT2D eigenvalue weighted by Gasteiger charge is 2.22. The van der Waals surface area contributed by atoms with Gasteiger partial charge in [0.25, 0.3) is 0 Å². The van der Waals surface area contributed by atoms with E-state index < -0.39 is 0 Å². The Bertz CT molecular complexity index is 3930. The summed E-state index contributed by atoms with van der Waals surface area (Å²) >= 11 is 1.79. The predicted octanol–water partition coefficient (Wildman–Crippen LogP) is 15.5. The number of hydrogen-bond donors (Lipinski definition) is 0. The zero-order valence-electron chi connectivity index (χ0n) is 33.3. The van der Waals surface area contributed by atoms with Gasteiger partial charge in [0.15, 0.2) is 17.5 Å². The summed E-state index contributed by atoms with van der Waals surface area (Å²) in [5.74, 6) is 1.92. The molecule has 0 aliphatic heterocycles. The molecule has 0 spiro atoms. The van der Waals surface area contributed by atoms with Crippen molar-refractivity contribution in [3.63, 3.8) is 0 Å². The summed E-state index contributed by atoms with van der Waals surface area (Å²) in [6.07, 6.45) is 0. The van der Waals surface area contributed by atoms with Crippen molar-refractivity contribution in [2.75, 3.05) is 0 Å². The first-order valence-electron chi connectivity index (χ1n) is 20.9. The molecule has 288 valence electrons. The Labute approximate surface area is 360 Å². The van der Waals surface area contributed by atoms with Crippen LogP contribution in [0.4, 0.5) is 0 Å². The molecule has 0 aliphatic carbocycles. The van der Waals surface area contributed by atoms with Crippen molar-refractivity contribution < 1.29 is 0 Å². The lowest BCUT2D eigenvalue weighted by Crippen LogP contribution is -2.02. The highest BCUT2D eigenvalue weighted by atomic mass is 32.1. The molecule has 62 heavy (non-hydrogen) atoms. The summed E-state index contributed by atoms with van der Waals surface area (Å²) in [6, 6.07) is 74.0. The standard InChI is InChI=1S/C57H34N4S/c1-2-16-37(17-3-1)55-58-56(60-57(59-55)47-26-13-25-45-44-23-10-11-27-52(44)62-54(45)47)46-30-29-40(34-48(46)43-24-12-20-35-14-6-8-21-41(35)43)61-50-31-28-36-15-7-9-22-42(36)53(50)49-32-38-18-4-5-19-39(38)33-51(49)61/h1-34H. The molecule has 0 atom stereocenters. The smallest absolute Gasteiger partial charge is 0.165 e. The molecule has 3 aromatic heterocycles. The third-order valence-corrected chi connectivity index (χ3v) is 13.6. The Kier molecular flexibility index (Phi) is 7.74. The number of benzene rings is 10. The average Bonchev–Trinajstić information content (AvgIpc) is 3.89. The van der Waals surface area contributed by atoms with E-state index in [1.54, 1.807) is 11.3 Å². The van der Waals surface area contributed by atoms with Gasteiger partial charge in [-0.2, -0.15) is 0 Å². The topological polar surface area (TPSA) is 43.6 Å². The molecular formula is C57H34N4S. The molecule has 0 bridgehead atoms. The third-order valence-electron chi connectivity index (χ3n) is 12.4. The largest absolute Gasteiger partial charge is 0.309 e. The van der Waals surface area contributed by atoms with Gasteiger partial charge in [0.1, 0.15) is 0 Å². The average molecular weight is 807 g/mol. The first-order valence-corrected chi connectivity index (χ1v) is 21.7. The van der Waals surface area contributed by atoms with Gasteiger partial charge in [-0.3, -0.25) is 0 Å². The SMILES string of the molecule is c1ccc(-c2nc(-c3ccc(-n4c5cc6ccccc6cc5c5c6ccccc6ccc54)cc3-c3cccc4ccccc34)nc(-c3cccc4c3sc3ccccc34)n2)cc1. The molecule has 0 unspecified atom stereocenters. The third kappa shape index (κ3) is 5.42. The second-order valence-electron chi connectivity index (χ2n) is 15.9. The summed E-state index contributed by atoms with van der Waals surface area (Å²) in [5.41, 5.74) is 8.43. The molecule has 0 N–H and O–H groups in total. The van der Waals surface area contributed by atoms with Crippen molar-refractivity contribution in [2.45, 2.75) is 0 Å². The van der Waals surface area contributed by atoms with Gasteiger partial charge in [0.05, 0.1) is 11.0 Å². The summed E-state index contributed by atoms with van der Waals surface area (Å²) in [4.78, 5) is 16.0. The Morgan fingerprint density at radius 1 is 0.339 bits per heavy atom. The molecule has 4 nitrogen and oxygen atoms in total. The van der Waals surface area contributed by atoms with E-state index in [9.17, 15) is 0 Å². The van der Waals surface area contributed by atoms with Crippen molar-refractivity contribution in [1.29, 1.82) is 0 Å². The summed E-state index contributed by atoms with van der Waals surface area (Å²) < 4.78 is 4.85. The van der Waals surface area contributed by atoms with Crippen LogP contribution in [0.25, 0.3) is 125 Å². The van der Waals surface area contributed by atoms with E-state index in [1.165, 1.54) is 63.3 Å². The first kappa shape index (κ1) is 34.8. The van der Waals surface area contributed by atoms with Crippen molar-refractivity contribution in [1.82, 2.24) is 19.5 Å². The van der Waals surface area contributed by atoms with Crippen molar-refractivity contribution in [2.24, 2.45) is 0 Å². The fourth-order valence-electron chi connectivity index (χ4n) is 9.56. The molecule has 0 aliphatic rings. The van der Waals surface area contributed by atoms with Crippen LogP contribution < -0.4 is 0 Å². The number of aromatic nitrogens is 4. The van der Waals surface area contributed by atoms with Gasteiger partial charge >= 0.3 is 0 Å². The quantitative estimate of drug-likeness (QED) is 0.174. The lowest BCUT2D eigenvalue weighted by molar-refractivity contribution is 1.08. The van der Waals surface area contributed by atoms with E-state index >= 15 is 0 Å². The number of thiophene rings is 1. The fraction of sp³-hybridized carbons (Fsp3) is 0. The van der Waals surface area contributed by atoms with Crippen LogP contribution in [0.15, 0.2) is 206 Å². The van der Waals surface area contributed by atoms with E-state index in [0.29, 0.717) is 17.5 Å². The molecular weight excluding hydrogens is 773 g/mol. The summed E-state index contributed by atoms with van der Waals surface area (Å²) in [7, 11) is 0. The Morgan fingerprint density at radius 2 is 0.952 bits per heavy atom. The van der Waals surface area contributed by atoms with Crippen LogP contribution in [0.2, 0.25) is 0 Å². The molecule has 0 fully saturated rings. The fourth-order valence-corrected chi connectivity index (χ4v) is 10.8. The van der Waals surface area contributed by atoms with E-state index in [2.05, 4.69) is 193 Å². The minimum absolute atomic E-state index is 0.626. The van der Waals surface area contributed by atoms with Gasteiger partial charge in [0.2, 0.25) is 0 Å². The normalized spacial score (nSPS) is 11.9. The molecule has 0 amide bonds. The van der Waals surface area contributed by atoms with Gasteiger partial charge in [-0.15, -0.1) is 11.3 Å². The highest BCUT2D eigenvalue weighted by molar-refractivity contribution is 7.26. The maximum Gasteiger partial charge on any atom is 0.165 e. The number of nitrogens with zero attached hydrogens (tertiary/aromatic N) is 4. The van der Waals surface area contributed by atoms with E-state index in [-0.39, 0.29) is 0 Å². The molecule has 0 saturated carbocycles. The van der Waals surface area contributed by atoms with Crippen LogP contribution in [0, 0.1) is 0 Å². The Hall–Kier alpha value is -7.99. The van der Waals surface area contributed by atoms with E-state index in [1.807, 2.05) is 18.2 Å². The minimum Gasteiger partial charge on any atom is -0.309 e. The van der Waals surface area contributed by atoms with Gasteiger partial charge in [0, 0.05) is 53.3 Å².